The number of nitro groups is 1. The number of non-ortho nitro benzene ring substituents is 1. The molecule has 0 bridgehead atoms. The molecule has 0 fully saturated rings. The highest BCUT2D eigenvalue weighted by Crippen LogP contribution is 2.28. The Morgan fingerprint density at radius 3 is 2.96 bits per heavy atom. The van der Waals surface area contributed by atoms with Gasteiger partial charge in [-0.15, -0.1) is 21.5 Å². The molecule has 1 atom stereocenters. The summed E-state index contributed by atoms with van der Waals surface area (Å²) < 4.78 is 5.52. The molecule has 1 N–H and O–H groups in total. The smallest absolute Gasteiger partial charge is 0.277 e. The molecule has 134 valence electrons. The Kier molecular flexibility index (Phi) is 5.64. The fourth-order valence-corrected chi connectivity index (χ4v) is 3.41. The van der Waals surface area contributed by atoms with Gasteiger partial charge in [0.25, 0.3) is 10.9 Å². The van der Waals surface area contributed by atoms with Crippen molar-refractivity contribution in [3.05, 3.63) is 56.8 Å². The van der Waals surface area contributed by atoms with Gasteiger partial charge in [0.2, 0.25) is 11.8 Å². The number of amides is 1. The summed E-state index contributed by atoms with van der Waals surface area (Å²) in [6, 6.07) is 9.82. The zero-order chi connectivity index (χ0) is 18.5. The number of carbonyl (C=O) groups is 1. The first-order valence-electron chi connectivity index (χ1n) is 7.58. The molecule has 3 rings (SSSR count). The van der Waals surface area contributed by atoms with Gasteiger partial charge in [-0.05, 0) is 24.4 Å². The number of thiophene rings is 1. The van der Waals surface area contributed by atoms with E-state index in [4.69, 9.17) is 4.42 Å². The van der Waals surface area contributed by atoms with Crippen molar-refractivity contribution in [2.24, 2.45) is 0 Å². The van der Waals surface area contributed by atoms with E-state index in [1.54, 1.807) is 30.4 Å². The van der Waals surface area contributed by atoms with Crippen LogP contribution in [0.1, 0.15) is 11.8 Å². The highest BCUT2D eigenvalue weighted by atomic mass is 32.2. The number of nitro benzene ring substituents is 1. The summed E-state index contributed by atoms with van der Waals surface area (Å²) in [4.78, 5) is 23.6. The molecule has 26 heavy (non-hydrogen) atoms. The van der Waals surface area contributed by atoms with Crippen molar-refractivity contribution in [3.63, 3.8) is 0 Å². The predicted octanol–water partition coefficient (Wildman–Crippen LogP) is 3.50. The molecule has 1 aromatic carbocycles. The van der Waals surface area contributed by atoms with E-state index in [0.29, 0.717) is 12.1 Å². The molecule has 1 amide bonds. The average molecular weight is 390 g/mol. The Labute approximate surface area is 156 Å². The minimum atomic E-state index is -0.491. The molecule has 0 radical (unpaired) electrons. The molecule has 0 unspecified atom stereocenters. The van der Waals surface area contributed by atoms with Crippen molar-refractivity contribution in [2.75, 3.05) is 0 Å². The van der Waals surface area contributed by atoms with Crippen molar-refractivity contribution in [3.8, 4) is 11.5 Å². The summed E-state index contributed by atoms with van der Waals surface area (Å²) in [7, 11) is 0. The van der Waals surface area contributed by atoms with Crippen LogP contribution in [0.3, 0.4) is 0 Å². The van der Waals surface area contributed by atoms with E-state index in [2.05, 4.69) is 15.5 Å². The largest absolute Gasteiger partial charge is 0.411 e. The van der Waals surface area contributed by atoms with Crippen molar-refractivity contribution in [1.29, 1.82) is 0 Å². The van der Waals surface area contributed by atoms with Crippen LogP contribution in [0, 0.1) is 10.1 Å². The Balaban J connectivity index is 1.61. The van der Waals surface area contributed by atoms with Crippen LogP contribution in [-0.4, -0.2) is 26.3 Å². The second kappa shape index (κ2) is 8.11. The van der Waals surface area contributed by atoms with Crippen molar-refractivity contribution >= 4 is 34.7 Å². The molecule has 0 aliphatic carbocycles. The molecule has 0 saturated carbocycles. The third kappa shape index (κ3) is 4.46. The van der Waals surface area contributed by atoms with Gasteiger partial charge in [-0.3, -0.25) is 14.9 Å². The summed E-state index contributed by atoms with van der Waals surface area (Å²) in [5.41, 5.74) is 0.393. The zero-order valence-corrected chi connectivity index (χ0v) is 15.3. The van der Waals surface area contributed by atoms with Crippen molar-refractivity contribution in [2.45, 2.75) is 23.9 Å². The summed E-state index contributed by atoms with van der Waals surface area (Å²) in [6.07, 6.45) is 0. The number of aromatic nitrogens is 2. The zero-order valence-electron chi connectivity index (χ0n) is 13.6. The molecule has 0 aliphatic rings. The number of nitrogens with zero attached hydrogens (tertiary/aromatic N) is 3. The second-order valence-electron chi connectivity index (χ2n) is 5.24. The Morgan fingerprint density at radius 1 is 1.38 bits per heavy atom. The molecule has 2 heterocycles. The van der Waals surface area contributed by atoms with Gasteiger partial charge in [0.05, 0.1) is 16.7 Å². The number of hydrogen-bond donors (Lipinski definition) is 1. The minimum Gasteiger partial charge on any atom is -0.411 e. The first-order chi connectivity index (χ1) is 12.5. The Hall–Kier alpha value is -2.72. The number of benzene rings is 1. The van der Waals surface area contributed by atoms with E-state index in [1.165, 1.54) is 12.1 Å². The van der Waals surface area contributed by atoms with Gasteiger partial charge in [0.1, 0.15) is 0 Å². The van der Waals surface area contributed by atoms with Crippen molar-refractivity contribution < 1.29 is 14.1 Å². The Morgan fingerprint density at radius 2 is 2.23 bits per heavy atom. The lowest BCUT2D eigenvalue weighted by atomic mass is 10.2. The monoisotopic (exact) mass is 390 g/mol. The van der Waals surface area contributed by atoms with Crippen LogP contribution in [0.2, 0.25) is 0 Å². The maximum absolute atomic E-state index is 12.1. The molecular weight excluding hydrogens is 376 g/mol. The number of rotatable bonds is 7. The van der Waals surface area contributed by atoms with Gasteiger partial charge >= 0.3 is 0 Å². The number of thioether (sulfide) groups is 1. The second-order valence-corrected chi connectivity index (χ2v) is 7.56. The highest BCUT2D eigenvalue weighted by molar-refractivity contribution is 8.00. The lowest BCUT2D eigenvalue weighted by Gasteiger charge is -2.08. The van der Waals surface area contributed by atoms with Crippen LogP contribution in [0.15, 0.2) is 51.4 Å². The van der Waals surface area contributed by atoms with Crippen LogP contribution < -0.4 is 5.32 Å². The van der Waals surface area contributed by atoms with Gasteiger partial charge in [-0.1, -0.05) is 23.9 Å². The maximum atomic E-state index is 12.1. The molecule has 8 nitrogen and oxygen atoms in total. The fourth-order valence-electron chi connectivity index (χ4n) is 2.06. The first-order valence-corrected chi connectivity index (χ1v) is 9.34. The molecule has 0 spiro atoms. The Bertz CT molecular complexity index is 911. The van der Waals surface area contributed by atoms with Crippen LogP contribution in [0.25, 0.3) is 11.5 Å². The van der Waals surface area contributed by atoms with E-state index in [-0.39, 0.29) is 22.7 Å². The standard InChI is InChI=1S/C16H14N4O4S2/c1-10(14(21)17-9-13-6-3-7-25-13)26-16-19-18-15(24-16)11-4-2-5-12(8-11)20(22)23/h2-8,10H,9H2,1H3,(H,17,21)/t10-/m1/s1. The van der Waals surface area contributed by atoms with Crippen LogP contribution in [0.5, 0.6) is 0 Å². The van der Waals surface area contributed by atoms with Gasteiger partial charge in [0.15, 0.2) is 0 Å². The van der Waals surface area contributed by atoms with Gasteiger partial charge < -0.3 is 9.73 Å². The summed E-state index contributed by atoms with van der Waals surface area (Å²) >= 11 is 2.71. The maximum Gasteiger partial charge on any atom is 0.277 e. The van der Waals surface area contributed by atoms with E-state index in [1.807, 2.05) is 17.5 Å². The molecule has 0 aliphatic heterocycles. The third-order valence-corrected chi connectivity index (χ3v) is 5.18. The summed E-state index contributed by atoms with van der Waals surface area (Å²) in [6.45, 7) is 2.22. The number of nitrogens with one attached hydrogen (secondary N) is 1. The van der Waals surface area contributed by atoms with E-state index < -0.39 is 10.2 Å². The summed E-state index contributed by atoms with van der Waals surface area (Å²) in [5, 5.41) is 23.2. The van der Waals surface area contributed by atoms with E-state index >= 15 is 0 Å². The molecule has 10 heteroatoms. The normalized spacial score (nSPS) is 11.9. The topological polar surface area (TPSA) is 111 Å². The lowest BCUT2D eigenvalue weighted by molar-refractivity contribution is -0.384. The van der Waals surface area contributed by atoms with Crippen LogP contribution in [-0.2, 0) is 11.3 Å². The molecule has 0 saturated heterocycles. The average Bonchev–Trinajstić information content (AvgIpc) is 3.31. The molecular formula is C16H14N4O4S2. The molecule has 2 aromatic heterocycles. The van der Waals surface area contributed by atoms with Crippen LogP contribution in [0.4, 0.5) is 5.69 Å². The number of carbonyl (C=O) groups excluding carboxylic acids is 1. The van der Waals surface area contributed by atoms with Gasteiger partial charge in [0, 0.05) is 22.6 Å². The highest BCUT2D eigenvalue weighted by Gasteiger charge is 2.19. The quantitative estimate of drug-likeness (QED) is 0.373. The third-order valence-electron chi connectivity index (χ3n) is 3.37. The van der Waals surface area contributed by atoms with Gasteiger partial charge in [-0.25, -0.2) is 0 Å². The van der Waals surface area contributed by atoms with Crippen LogP contribution >= 0.6 is 23.1 Å². The fraction of sp³-hybridized carbons (Fsp3) is 0.188. The minimum absolute atomic E-state index is 0.0591. The predicted molar refractivity (Wildman–Crippen MR) is 97.9 cm³/mol. The van der Waals surface area contributed by atoms with Crippen molar-refractivity contribution in [1.82, 2.24) is 15.5 Å². The van der Waals surface area contributed by atoms with E-state index in [9.17, 15) is 14.9 Å². The summed E-state index contributed by atoms with van der Waals surface area (Å²) in [5.74, 6) is 0.0286. The van der Waals surface area contributed by atoms with E-state index in [0.717, 1.165) is 16.6 Å². The molecule has 3 aromatic rings. The SMILES string of the molecule is C[C@@H](Sc1nnc(-c2cccc([N+](=O)[O-])c2)o1)C(=O)NCc1cccs1. The first kappa shape index (κ1) is 18.1. The lowest BCUT2D eigenvalue weighted by Crippen LogP contribution is -2.30. The van der Waals surface area contributed by atoms with Gasteiger partial charge in [-0.2, -0.15) is 0 Å². The number of hydrogen-bond acceptors (Lipinski definition) is 8.